The Morgan fingerprint density at radius 2 is 1.69 bits per heavy atom. The maximum atomic E-state index is 13.5. The molecule has 2 aromatic heterocycles. The minimum absolute atomic E-state index is 0.187. The van der Waals surface area contributed by atoms with Gasteiger partial charge in [0.15, 0.2) is 5.65 Å². The summed E-state index contributed by atoms with van der Waals surface area (Å²) >= 11 is 3.48. The number of benzene rings is 3. The molecule has 0 saturated heterocycles. The predicted octanol–water partition coefficient (Wildman–Crippen LogP) is 6.38. The number of amides is 1. The third-order valence-corrected chi connectivity index (χ3v) is 6.19. The molecule has 1 amide bonds. The number of hydrogen-bond acceptors (Lipinski definition) is 4. The molecule has 0 saturated carbocycles. The molecule has 2 N–H and O–H groups in total. The minimum Gasteiger partial charge on any atom is -0.494 e. The number of pyridine rings is 1. The molecule has 0 bridgehead atoms. The van der Waals surface area contributed by atoms with E-state index in [-0.39, 0.29) is 5.91 Å². The number of rotatable bonds is 7. The molecule has 0 fully saturated rings. The Morgan fingerprint density at radius 1 is 0.971 bits per heavy atom. The van der Waals surface area contributed by atoms with Crippen molar-refractivity contribution in [1.82, 2.24) is 20.5 Å². The Kier molecular flexibility index (Phi) is 6.59. The second-order valence-corrected chi connectivity index (χ2v) is 8.90. The van der Waals surface area contributed by atoms with Gasteiger partial charge in [-0.25, -0.2) is 4.98 Å². The lowest BCUT2D eigenvalue weighted by Crippen LogP contribution is -2.23. The summed E-state index contributed by atoms with van der Waals surface area (Å²) in [5.41, 5.74) is 5.24. The Morgan fingerprint density at radius 3 is 2.40 bits per heavy atom. The van der Waals surface area contributed by atoms with Crippen LogP contribution in [-0.2, 0) is 6.54 Å². The Hall–Kier alpha value is -3.97. The fraction of sp³-hybridized carbons (Fsp3) is 0.107. The Bertz CT molecular complexity index is 1460. The van der Waals surface area contributed by atoms with Crippen LogP contribution in [0.25, 0.3) is 33.5 Å². The molecule has 35 heavy (non-hydrogen) atoms. The fourth-order valence-electron chi connectivity index (χ4n) is 3.94. The number of hydrogen-bond donors (Lipinski definition) is 2. The van der Waals surface area contributed by atoms with E-state index in [9.17, 15) is 4.79 Å². The Labute approximate surface area is 211 Å². The number of H-pyrrole nitrogens is 1. The molecule has 0 unspecified atom stereocenters. The first kappa shape index (κ1) is 22.8. The van der Waals surface area contributed by atoms with Crippen molar-refractivity contribution in [1.29, 1.82) is 0 Å². The van der Waals surface area contributed by atoms with Crippen LogP contribution in [0.1, 0.15) is 22.8 Å². The summed E-state index contributed by atoms with van der Waals surface area (Å²) in [6.07, 6.45) is 0. The van der Waals surface area contributed by atoms with Crippen molar-refractivity contribution in [3.05, 3.63) is 101 Å². The molecular formula is C28H23BrN4O2. The third kappa shape index (κ3) is 4.95. The number of ether oxygens (including phenoxy) is 1. The van der Waals surface area contributed by atoms with Crippen LogP contribution in [0.3, 0.4) is 0 Å². The molecular weight excluding hydrogens is 504 g/mol. The predicted molar refractivity (Wildman–Crippen MR) is 141 cm³/mol. The molecule has 0 aliphatic rings. The smallest absolute Gasteiger partial charge is 0.252 e. The van der Waals surface area contributed by atoms with Gasteiger partial charge in [0, 0.05) is 22.1 Å². The number of fused-ring (bicyclic) bond motifs is 1. The fourth-order valence-corrected chi connectivity index (χ4v) is 4.20. The molecule has 5 aromatic rings. The van der Waals surface area contributed by atoms with Gasteiger partial charge in [0.1, 0.15) is 5.75 Å². The van der Waals surface area contributed by atoms with Gasteiger partial charge in [0.25, 0.3) is 5.91 Å². The summed E-state index contributed by atoms with van der Waals surface area (Å²) in [6, 6.07) is 27.2. The van der Waals surface area contributed by atoms with E-state index in [1.54, 1.807) is 0 Å². The lowest BCUT2D eigenvalue weighted by atomic mass is 10.0. The van der Waals surface area contributed by atoms with Crippen molar-refractivity contribution in [3.63, 3.8) is 0 Å². The summed E-state index contributed by atoms with van der Waals surface area (Å²) in [6.45, 7) is 2.97. The second-order valence-electron chi connectivity index (χ2n) is 7.98. The van der Waals surface area contributed by atoms with Gasteiger partial charge in [-0.3, -0.25) is 9.89 Å². The van der Waals surface area contributed by atoms with E-state index < -0.39 is 0 Å². The van der Waals surface area contributed by atoms with Crippen LogP contribution in [0.4, 0.5) is 0 Å². The van der Waals surface area contributed by atoms with Crippen molar-refractivity contribution in [2.45, 2.75) is 13.5 Å². The van der Waals surface area contributed by atoms with Gasteiger partial charge in [-0.15, -0.1) is 0 Å². The first-order valence-electron chi connectivity index (χ1n) is 11.3. The topological polar surface area (TPSA) is 79.9 Å². The van der Waals surface area contributed by atoms with Gasteiger partial charge in [-0.05, 0) is 55.0 Å². The van der Waals surface area contributed by atoms with E-state index in [1.807, 2.05) is 91.9 Å². The van der Waals surface area contributed by atoms with Gasteiger partial charge >= 0.3 is 0 Å². The molecule has 0 aliphatic carbocycles. The number of aromatic amines is 1. The SMILES string of the molecule is CCOc1ccc(-c2cc(C(=O)NCc3ccccc3)c3c(-c4ccc(Br)cc4)[nH]nc3n2)cc1. The van der Waals surface area contributed by atoms with Gasteiger partial charge in [0.05, 0.1) is 28.9 Å². The first-order valence-corrected chi connectivity index (χ1v) is 12.1. The summed E-state index contributed by atoms with van der Waals surface area (Å²) < 4.78 is 6.53. The molecule has 2 heterocycles. The van der Waals surface area contributed by atoms with E-state index in [1.165, 1.54) is 0 Å². The number of aromatic nitrogens is 3. The minimum atomic E-state index is -0.187. The number of halogens is 1. The van der Waals surface area contributed by atoms with Gasteiger partial charge < -0.3 is 10.1 Å². The van der Waals surface area contributed by atoms with Crippen LogP contribution in [0.15, 0.2) is 89.4 Å². The summed E-state index contributed by atoms with van der Waals surface area (Å²) in [5.74, 6) is 0.601. The molecule has 174 valence electrons. The summed E-state index contributed by atoms with van der Waals surface area (Å²) in [7, 11) is 0. The highest BCUT2D eigenvalue weighted by Crippen LogP contribution is 2.32. The molecule has 0 spiro atoms. The van der Waals surface area contributed by atoms with Crippen molar-refractivity contribution < 1.29 is 9.53 Å². The van der Waals surface area contributed by atoms with E-state index in [2.05, 4.69) is 31.4 Å². The van der Waals surface area contributed by atoms with Crippen LogP contribution in [0.5, 0.6) is 5.75 Å². The van der Waals surface area contributed by atoms with Crippen LogP contribution >= 0.6 is 15.9 Å². The number of carbonyl (C=O) groups is 1. The lowest BCUT2D eigenvalue weighted by Gasteiger charge is -2.10. The van der Waals surface area contributed by atoms with E-state index in [0.717, 1.165) is 32.6 Å². The van der Waals surface area contributed by atoms with Crippen LogP contribution in [0, 0.1) is 0 Å². The van der Waals surface area contributed by atoms with E-state index in [0.29, 0.717) is 35.4 Å². The summed E-state index contributed by atoms with van der Waals surface area (Å²) in [4.78, 5) is 18.3. The zero-order chi connectivity index (χ0) is 24.2. The summed E-state index contributed by atoms with van der Waals surface area (Å²) in [5, 5.41) is 11.3. The highest BCUT2D eigenvalue weighted by atomic mass is 79.9. The van der Waals surface area contributed by atoms with Crippen LogP contribution < -0.4 is 10.1 Å². The Balaban J connectivity index is 1.59. The van der Waals surface area contributed by atoms with Crippen LogP contribution in [0.2, 0.25) is 0 Å². The van der Waals surface area contributed by atoms with Crippen molar-refractivity contribution in [3.8, 4) is 28.3 Å². The molecule has 7 heteroatoms. The number of nitrogens with one attached hydrogen (secondary N) is 2. The van der Waals surface area contributed by atoms with Crippen LogP contribution in [-0.4, -0.2) is 27.7 Å². The molecule has 0 radical (unpaired) electrons. The number of carbonyl (C=O) groups excluding carboxylic acids is 1. The maximum Gasteiger partial charge on any atom is 0.252 e. The number of nitrogens with zero attached hydrogens (tertiary/aromatic N) is 2. The zero-order valence-corrected chi connectivity index (χ0v) is 20.7. The molecule has 5 rings (SSSR count). The standard InChI is InChI=1S/C28H23BrN4O2/c1-2-35-22-14-10-19(11-15-22)24-16-23(28(34)30-17-18-6-4-3-5-7-18)25-26(32-33-27(25)31-24)20-8-12-21(29)13-9-20/h3-16H,2,17H2,1H3,(H,30,34)(H,31,32,33). The molecule has 0 atom stereocenters. The average Bonchev–Trinajstić information content (AvgIpc) is 3.32. The van der Waals surface area contributed by atoms with Gasteiger partial charge in [-0.2, -0.15) is 5.10 Å². The quantitative estimate of drug-likeness (QED) is 0.257. The average molecular weight is 527 g/mol. The van der Waals surface area contributed by atoms with E-state index in [4.69, 9.17) is 9.72 Å². The molecule has 6 nitrogen and oxygen atoms in total. The molecule has 0 aliphatic heterocycles. The second kappa shape index (κ2) is 10.1. The van der Waals surface area contributed by atoms with Gasteiger partial charge in [-0.1, -0.05) is 58.4 Å². The lowest BCUT2D eigenvalue weighted by molar-refractivity contribution is 0.0952. The van der Waals surface area contributed by atoms with Crippen molar-refractivity contribution in [2.24, 2.45) is 0 Å². The molecule has 3 aromatic carbocycles. The van der Waals surface area contributed by atoms with Gasteiger partial charge in [0.2, 0.25) is 0 Å². The first-order chi connectivity index (χ1) is 17.1. The normalized spacial score (nSPS) is 10.9. The maximum absolute atomic E-state index is 13.5. The highest BCUT2D eigenvalue weighted by molar-refractivity contribution is 9.10. The van der Waals surface area contributed by atoms with Crippen molar-refractivity contribution in [2.75, 3.05) is 6.61 Å². The largest absolute Gasteiger partial charge is 0.494 e. The highest BCUT2D eigenvalue weighted by Gasteiger charge is 2.20. The zero-order valence-electron chi connectivity index (χ0n) is 19.1. The monoisotopic (exact) mass is 526 g/mol. The third-order valence-electron chi connectivity index (χ3n) is 5.66. The van der Waals surface area contributed by atoms with E-state index >= 15 is 0 Å². The van der Waals surface area contributed by atoms with Crippen molar-refractivity contribution >= 4 is 32.9 Å².